The van der Waals surface area contributed by atoms with Gasteiger partial charge in [-0.05, 0) is 118 Å². The average molecular weight is 852 g/mol. The summed E-state index contributed by atoms with van der Waals surface area (Å²) in [6.07, 6.45) is 5.86. The van der Waals surface area contributed by atoms with Gasteiger partial charge in [-0.2, -0.15) is 0 Å². The number of pyridine rings is 2. The molecule has 1 N–H and O–H groups in total. The first-order valence-electron chi connectivity index (χ1n) is 16.0. The highest BCUT2D eigenvalue weighted by molar-refractivity contribution is 9.10. The van der Waals surface area contributed by atoms with Gasteiger partial charge in [0.15, 0.2) is 0 Å². The van der Waals surface area contributed by atoms with Gasteiger partial charge < -0.3 is 29.1 Å². The van der Waals surface area contributed by atoms with Gasteiger partial charge in [0.05, 0.1) is 13.1 Å². The van der Waals surface area contributed by atoms with Crippen molar-refractivity contribution in [3.8, 4) is 0 Å². The van der Waals surface area contributed by atoms with Gasteiger partial charge in [0.1, 0.15) is 31.6 Å². The Balaban J connectivity index is 0.000000303. The van der Waals surface area contributed by atoms with E-state index in [1.54, 1.807) is 22.1 Å². The zero-order chi connectivity index (χ0) is 35.5. The molecule has 47 heavy (non-hydrogen) atoms. The van der Waals surface area contributed by atoms with E-state index in [2.05, 4.69) is 57.8 Å². The molecular formula is C34H51Br3N4O6. The lowest BCUT2D eigenvalue weighted by Crippen LogP contribution is -2.51. The van der Waals surface area contributed by atoms with E-state index < -0.39 is 22.4 Å². The minimum absolute atomic E-state index is 0.227. The smallest absolute Gasteiger partial charge is 0.410 e. The topological polar surface area (TPSA) is 114 Å². The molecule has 2 aromatic heterocycles. The van der Waals surface area contributed by atoms with Crippen LogP contribution in [-0.2, 0) is 25.4 Å². The average Bonchev–Trinajstić information content (AvgIpc) is 2.97. The van der Waals surface area contributed by atoms with E-state index in [0.29, 0.717) is 32.7 Å². The standard InChI is InChI=1S/C17H25BrN2O3.C15H21BrN2O3.C2H5Br/c1-5-22-17(13-7-8-14(18)19-11-13)9-6-10-20(12-17)15(21)23-16(2,3)4;1-14(2,3)21-13(19)18-8-4-7-15(20,10-18)11-5-6-12(16)17-9-11;1-2-3/h7-8,11H,5-6,9-10,12H2,1-4H3;5-6,9,20H,4,7-8,10H2,1-3H3;2H2,1H3. The molecule has 2 aliphatic heterocycles. The summed E-state index contributed by atoms with van der Waals surface area (Å²) in [7, 11) is 0. The van der Waals surface area contributed by atoms with Crippen LogP contribution in [0.15, 0.2) is 45.9 Å². The highest BCUT2D eigenvalue weighted by Gasteiger charge is 2.41. The molecule has 2 aromatic rings. The first-order chi connectivity index (χ1) is 21.9. The maximum atomic E-state index is 12.4. The Hall–Kier alpha value is -1.80. The summed E-state index contributed by atoms with van der Waals surface area (Å²) in [6, 6.07) is 7.53. The molecule has 0 spiro atoms. The Morgan fingerprint density at radius 3 is 1.68 bits per heavy atom. The molecule has 264 valence electrons. The van der Waals surface area contributed by atoms with Crippen LogP contribution in [0.25, 0.3) is 0 Å². The summed E-state index contributed by atoms with van der Waals surface area (Å²) in [5.41, 5.74) is -0.899. The number of piperidine rings is 2. The van der Waals surface area contributed by atoms with Crippen molar-refractivity contribution in [3.63, 3.8) is 0 Å². The van der Waals surface area contributed by atoms with Crippen molar-refractivity contribution >= 4 is 60.0 Å². The lowest BCUT2D eigenvalue weighted by molar-refractivity contribution is -0.0925. The number of β-amino-alcohol motifs (C(OH)–C–C–N with tert-alkyl or cyclic N) is 1. The SMILES string of the molecule is CC(C)(C)OC(=O)N1CCCC(O)(c2ccc(Br)nc2)C1.CCBr.CCOC1(c2ccc(Br)nc2)CCCN(C(=O)OC(C)(C)C)C1. The Bertz CT molecular complexity index is 1270. The van der Waals surface area contributed by atoms with E-state index in [-0.39, 0.29) is 18.7 Å². The monoisotopic (exact) mass is 848 g/mol. The first-order valence-corrected chi connectivity index (χ1v) is 18.7. The molecule has 0 aromatic carbocycles. The van der Waals surface area contributed by atoms with Crippen LogP contribution in [0.5, 0.6) is 0 Å². The van der Waals surface area contributed by atoms with Gasteiger partial charge in [0.2, 0.25) is 0 Å². The van der Waals surface area contributed by atoms with Gasteiger partial charge in [-0.25, -0.2) is 19.6 Å². The van der Waals surface area contributed by atoms with Crippen LogP contribution in [0.2, 0.25) is 0 Å². The van der Waals surface area contributed by atoms with E-state index in [9.17, 15) is 14.7 Å². The van der Waals surface area contributed by atoms with Crippen LogP contribution in [-0.4, -0.2) is 86.4 Å². The summed E-state index contributed by atoms with van der Waals surface area (Å²) < 4.78 is 18.5. The van der Waals surface area contributed by atoms with E-state index in [1.807, 2.05) is 79.8 Å². The molecule has 0 bridgehead atoms. The molecule has 10 nitrogen and oxygen atoms in total. The van der Waals surface area contributed by atoms with E-state index in [0.717, 1.165) is 44.9 Å². The van der Waals surface area contributed by atoms with Gasteiger partial charge in [-0.15, -0.1) is 0 Å². The number of likely N-dealkylation sites (tertiary alicyclic amines) is 2. The quantitative estimate of drug-likeness (QED) is 0.241. The second-order valence-corrected chi connectivity index (χ2v) is 16.2. The van der Waals surface area contributed by atoms with Crippen molar-refractivity contribution in [2.75, 3.05) is 38.1 Å². The number of amides is 2. The largest absolute Gasteiger partial charge is 0.444 e. The molecule has 2 aliphatic rings. The predicted octanol–water partition coefficient (Wildman–Crippen LogP) is 8.57. The van der Waals surface area contributed by atoms with Crippen molar-refractivity contribution < 1.29 is 28.9 Å². The zero-order valence-corrected chi connectivity index (χ0v) is 33.7. The molecule has 4 heterocycles. The fourth-order valence-electron chi connectivity index (χ4n) is 5.27. The maximum absolute atomic E-state index is 12.4. The molecule has 2 atom stereocenters. The third-order valence-corrected chi connectivity index (χ3v) is 8.11. The van der Waals surface area contributed by atoms with Gasteiger partial charge in [0.25, 0.3) is 0 Å². The Labute approximate surface area is 305 Å². The Kier molecular flexibility index (Phi) is 16.1. The van der Waals surface area contributed by atoms with E-state index in [1.165, 1.54) is 0 Å². The summed E-state index contributed by atoms with van der Waals surface area (Å²) in [4.78, 5) is 36.3. The lowest BCUT2D eigenvalue weighted by Gasteiger charge is -2.42. The van der Waals surface area contributed by atoms with Crippen molar-refractivity contribution in [2.45, 2.75) is 103 Å². The van der Waals surface area contributed by atoms with Gasteiger partial charge in [-0.1, -0.05) is 35.0 Å². The molecule has 2 amide bonds. The Morgan fingerprint density at radius 1 is 0.809 bits per heavy atom. The zero-order valence-electron chi connectivity index (χ0n) is 28.9. The minimum Gasteiger partial charge on any atom is -0.444 e. The van der Waals surface area contributed by atoms with Gasteiger partial charge in [0, 0.05) is 48.5 Å². The number of carbonyl (C=O) groups excluding carboxylic acids is 2. The third-order valence-electron chi connectivity index (χ3n) is 7.17. The van der Waals surface area contributed by atoms with Crippen molar-refractivity contribution in [1.29, 1.82) is 0 Å². The van der Waals surface area contributed by atoms with Crippen molar-refractivity contribution in [2.24, 2.45) is 0 Å². The van der Waals surface area contributed by atoms with E-state index in [4.69, 9.17) is 14.2 Å². The highest BCUT2D eigenvalue weighted by Crippen LogP contribution is 2.36. The molecule has 0 saturated carbocycles. The second-order valence-electron chi connectivity index (χ2n) is 13.5. The normalized spacial score (nSPS) is 21.4. The molecular weight excluding hydrogens is 800 g/mol. The highest BCUT2D eigenvalue weighted by atomic mass is 79.9. The summed E-state index contributed by atoms with van der Waals surface area (Å²) >= 11 is 9.78. The molecule has 0 radical (unpaired) electrons. The van der Waals surface area contributed by atoms with Crippen molar-refractivity contribution in [3.05, 3.63) is 57.0 Å². The molecule has 4 rings (SSSR count). The molecule has 2 fully saturated rings. The lowest BCUT2D eigenvalue weighted by atomic mass is 9.86. The number of aromatic nitrogens is 2. The molecule has 13 heteroatoms. The number of carbonyl (C=O) groups is 2. The fourth-order valence-corrected chi connectivity index (χ4v) is 5.74. The molecule has 0 aliphatic carbocycles. The summed E-state index contributed by atoms with van der Waals surface area (Å²) in [6.45, 7) is 17.7. The van der Waals surface area contributed by atoms with Crippen LogP contribution in [0.1, 0.15) is 92.2 Å². The molecule has 2 saturated heterocycles. The number of ether oxygens (including phenoxy) is 3. The van der Waals surface area contributed by atoms with Crippen LogP contribution >= 0.6 is 47.8 Å². The predicted molar refractivity (Wildman–Crippen MR) is 195 cm³/mol. The number of halogens is 3. The number of aliphatic hydroxyl groups is 1. The van der Waals surface area contributed by atoms with Crippen LogP contribution in [0.3, 0.4) is 0 Å². The minimum atomic E-state index is -1.07. The number of hydrogen-bond acceptors (Lipinski definition) is 8. The van der Waals surface area contributed by atoms with Crippen LogP contribution in [0.4, 0.5) is 9.59 Å². The Morgan fingerprint density at radius 2 is 1.26 bits per heavy atom. The van der Waals surface area contributed by atoms with Crippen molar-refractivity contribution in [1.82, 2.24) is 19.8 Å². The van der Waals surface area contributed by atoms with E-state index >= 15 is 0 Å². The van der Waals surface area contributed by atoms with Crippen LogP contribution in [0, 0.1) is 0 Å². The first kappa shape index (κ1) is 41.4. The summed E-state index contributed by atoms with van der Waals surface area (Å²) in [5.74, 6) is 0. The van der Waals surface area contributed by atoms with Gasteiger partial charge >= 0.3 is 12.2 Å². The second kappa shape index (κ2) is 18.3. The number of alkyl halides is 1. The van der Waals surface area contributed by atoms with Gasteiger partial charge in [-0.3, -0.25) is 0 Å². The number of hydrogen-bond donors (Lipinski definition) is 1. The summed E-state index contributed by atoms with van der Waals surface area (Å²) in [5, 5.41) is 11.9. The fraction of sp³-hybridized carbons (Fsp3) is 0.647. The van der Waals surface area contributed by atoms with Crippen LogP contribution < -0.4 is 0 Å². The number of rotatable bonds is 4. The number of nitrogens with zero attached hydrogens (tertiary/aromatic N) is 4. The molecule has 2 unspecified atom stereocenters. The maximum Gasteiger partial charge on any atom is 0.410 e. The third kappa shape index (κ3) is 13.6.